The van der Waals surface area contributed by atoms with Gasteiger partial charge in [-0.05, 0) is 42.5 Å². The van der Waals surface area contributed by atoms with E-state index in [1.165, 1.54) is 0 Å². The first-order chi connectivity index (χ1) is 14.2. The van der Waals surface area contributed by atoms with Crippen LogP contribution >= 0.6 is 0 Å². The molecule has 4 aromatic rings. The molecule has 146 valence electrons. The van der Waals surface area contributed by atoms with Crippen molar-refractivity contribution in [2.24, 2.45) is 0 Å². The van der Waals surface area contributed by atoms with E-state index in [1.807, 2.05) is 36.4 Å². The second-order valence-electron chi connectivity index (χ2n) is 6.33. The number of anilines is 2. The van der Waals surface area contributed by atoms with Crippen molar-refractivity contribution in [3.05, 3.63) is 67.0 Å². The molecule has 0 unspecified atom stereocenters. The highest BCUT2D eigenvalue weighted by Gasteiger charge is 2.12. The van der Waals surface area contributed by atoms with E-state index in [0.29, 0.717) is 36.3 Å². The smallest absolute Gasteiger partial charge is 0.163 e. The van der Waals surface area contributed by atoms with E-state index in [-0.39, 0.29) is 5.75 Å². The van der Waals surface area contributed by atoms with Gasteiger partial charge in [-0.1, -0.05) is 6.07 Å². The molecule has 0 aliphatic heterocycles. The fraction of sp³-hybridized carbons (Fsp3) is 0.136. The van der Waals surface area contributed by atoms with Crippen LogP contribution in [0, 0.1) is 0 Å². The third-order valence-corrected chi connectivity index (χ3v) is 4.25. The maximum atomic E-state index is 9.79. The van der Waals surface area contributed by atoms with E-state index in [4.69, 9.17) is 14.5 Å². The van der Waals surface area contributed by atoms with Crippen molar-refractivity contribution in [2.45, 2.75) is 0 Å². The van der Waals surface area contributed by atoms with Crippen molar-refractivity contribution in [2.75, 3.05) is 25.6 Å². The molecular weight excluding hydrogens is 368 g/mol. The topological polar surface area (TPSA) is 89.4 Å². The van der Waals surface area contributed by atoms with E-state index < -0.39 is 0 Å². The Kier molecular flexibility index (Phi) is 5.49. The second-order valence-corrected chi connectivity index (χ2v) is 6.33. The number of pyridine rings is 1. The number of hydrogen-bond donors (Lipinski definition) is 2. The molecular formula is C22H20N4O3. The number of nitrogens with one attached hydrogen (secondary N) is 1. The Balaban J connectivity index is 1.79. The molecule has 0 saturated carbocycles. The van der Waals surface area contributed by atoms with Gasteiger partial charge in [0.2, 0.25) is 0 Å². The summed E-state index contributed by atoms with van der Waals surface area (Å²) in [6.07, 6.45) is 3.43. The van der Waals surface area contributed by atoms with Crippen LogP contribution in [0.15, 0.2) is 67.0 Å². The average Bonchev–Trinajstić information content (AvgIpc) is 2.75. The number of phenols is 1. The average molecular weight is 388 g/mol. The zero-order valence-corrected chi connectivity index (χ0v) is 15.9. The predicted octanol–water partition coefficient (Wildman–Crippen LogP) is 4.17. The molecule has 2 N–H and O–H groups in total. The van der Waals surface area contributed by atoms with Crippen LogP contribution in [-0.4, -0.2) is 40.4 Å². The minimum Gasteiger partial charge on any atom is -0.508 e. The molecule has 2 heterocycles. The van der Waals surface area contributed by atoms with Gasteiger partial charge in [-0.3, -0.25) is 4.98 Å². The number of methoxy groups -OCH3 is 1. The third-order valence-electron chi connectivity index (χ3n) is 4.25. The molecule has 0 saturated heterocycles. The lowest BCUT2D eigenvalue weighted by atomic mass is 10.2. The van der Waals surface area contributed by atoms with Gasteiger partial charge in [-0.25, -0.2) is 9.97 Å². The SMILES string of the molecule is COCCOc1ccc2nc(-c3cccnc3)nc(Nc3cccc(O)c3)c2c1. The fourth-order valence-corrected chi connectivity index (χ4v) is 2.88. The van der Waals surface area contributed by atoms with Crippen LogP contribution in [0.5, 0.6) is 11.5 Å². The first-order valence-corrected chi connectivity index (χ1v) is 9.13. The Morgan fingerprint density at radius 3 is 2.72 bits per heavy atom. The van der Waals surface area contributed by atoms with Gasteiger partial charge in [0.1, 0.15) is 23.9 Å². The first kappa shape index (κ1) is 18.6. The fourth-order valence-electron chi connectivity index (χ4n) is 2.88. The molecule has 0 bridgehead atoms. The van der Waals surface area contributed by atoms with Gasteiger partial charge in [0.15, 0.2) is 5.82 Å². The van der Waals surface area contributed by atoms with Gasteiger partial charge < -0.3 is 19.9 Å². The number of aromatic nitrogens is 3. The molecule has 0 aliphatic rings. The molecule has 2 aromatic heterocycles. The molecule has 2 aromatic carbocycles. The zero-order valence-electron chi connectivity index (χ0n) is 15.9. The summed E-state index contributed by atoms with van der Waals surface area (Å²) in [6.45, 7) is 0.953. The summed E-state index contributed by atoms with van der Waals surface area (Å²) in [7, 11) is 1.63. The van der Waals surface area contributed by atoms with Gasteiger partial charge >= 0.3 is 0 Å². The standard InChI is InChI=1S/C22H20N4O3/c1-28-10-11-29-18-7-8-20-19(13-18)22(24-16-5-2-6-17(27)12-16)26-21(25-20)15-4-3-9-23-14-15/h2-9,12-14,27H,10-11H2,1H3,(H,24,25,26). The molecule has 7 heteroatoms. The Hall–Kier alpha value is -3.71. The van der Waals surface area contributed by atoms with E-state index in [2.05, 4.69) is 15.3 Å². The lowest BCUT2D eigenvalue weighted by molar-refractivity contribution is 0.146. The number of aromatic hydroxyl groups is 1. The molecule has 0 fully saturated rings. The zero-order chi connectivity index (χ0) is 20.1. The number of ether oxygens (including phenoxy) is 2. The number of hydrogen-bond acceptors (Lipinski definition) is 7. The number of benzene rings is 2. The first-order valence-electron chi connectivity index (χ1n) is 9.13. The molecule has 0 amide bonds. The predicted molar refractivity (Wildman–Crippen MR) is 112 cm³/mol. The molecule has 0 aliphatic carbocycles. The molecule has 7 nitrogen and oxygen atoms in total. The normalized spacial score (nSPS) is 10.8. The largest absolute Gasteiger partial charge is 0.508 e. The van der Waals surface area contributed by atoms with Gasteiger partial charge in [0.25, 0.3) is 0 Å². The summed E-state index contributed by atoms with van der Waals surface area (Å²) in [5, 5.41) is 13.9. The van der Waals surface area contributed by atoms with Crippen LogP contribution in [0.4, 0.5) is 11.5 Å². The molecule has 0 spiro atoms. The van der Waals surface area contributed by atoms with Crippen LogP contribution in [0.1, 0.15) is 0 Å². The number of nitrogens with zero attached hydrogens (tertiary/aromatic N) is 3. The van der Waals surface area contributed by atoms with E-state index in [9.17, 15) is 5.11 Å². The highest BCUT2D eigenvalue weighted by atomic mass is 16.5. The van der Waals surface area contributed by atoms with Crippen LogP contribution in [0.2, 0.25) is 0 Å². The van der Waals surface area contributed by atoms with Crippen molar-refractivity contribution in [3.8, 4) is 22.9 Å². The minimum absolute atomic E-state index is 0.171. The van der Waals surface area contributed by atoms with Crippen LogP contribution in [-0.2, 0) is 4.74 Å². The van der Waals surface area contributed by atoms with Gasteiger partial charge in [-0.15, -0.1) is 0 Å². The molecule has 29 heavy (non-hydrogen) atoms. The third kappa shape index (κ3) is 4.41. The lowest BCUT2D eigenvalue weighted by Crippen LogP contribution is -2.04. The molecule has 0 radical (unpaired) electrons. The van der Waals surface area contributed by atoms with Gasteiger partial charge in [0, 0.05) is 42.2 Å². The monoisotopic (exact) mass is 388 g/mol. The summed E-state index contributed by atoms with van der Waals surface area (Å²) in [6, 6.07) is 16.3. The van der Waals surface area contributed by atoms with Crippen LogP contribution < -0.4 is 10.1 Å². The molecule has 0 atom stereocenters. The minimum atomic E-state index is 0.171. The van der Waals surface area contributed by atoms with E-state index in [1.54, 1.807) is 37.7 Å². The summed E-state index contributed by atoms with van der Waals surface area (Å²) in [5.41, 5.74) is 2.29. The lowest BCUT2D eigenvalue weighted by Gasteiger charge is -2.13. The van der Waals surface area contributed by atoms with Crippen molar-refractivity contribution in [1.82, 2.24) is 15.0 Å². The summed E-state index contributed by atoms with van der Waals surface area (Å²) >= 11 is 0. The van der Waals surface area contributed by atoms with Crippen molar-refractivity contribution < 1.29 is 14.6 Å². The maximum Gasteiger partial charge on any atom is 0.163 e. The van der Waals surface area contributed by atoms with Crippen molar-refractivity contribution >= 4 is 22.4 Å². The summed E-state index contributed by atoms with van der Waals surface area (Å²) in [4.78, 5) is 13.5. The van der Waals surface area contributed by atoms with E-state index >= 15 is 0 Å². The van der Waals surface area contributed by atoms with Crippen LogP contribution in [0.25, 0.3) is 22.3 Å². The van der Waals surface area contributed by atoms with Gasteiger partial charge in [-0.2, -0.15) is 0 Å². The highest BCUT2D eigenvalue weighted by Crippen LogP contribution is 2.30. The van der Waals surface area contributed by atoms with Crippen LogP contribution in [0.3, 0.4) is 0 Å². The number of fused-ring (bicyclic) bond motifs is 1. The van der Waals surface area contributed by atoms with Crippen molar-refractivity contribution in [1.29, 1.82) is 0 Å². The maximum absolute atomic E-state index is 9.79. The van der Waals surface area contributed by atoms with Gasteiger partial charge in [0.05, 0.1) is 12.1 Å². The Morgan fingerprint density at radius 1 is 1.00 bits per heavy atom. The van der Waals surface area contributed by atoms with Crippen molar-refractivity contribution in [3.63, 3.8) is 0 Å². The molecule has 4 rings (SSSR count). The Bertz CT molecular complexity index is 1120. The van der Waals surface area contributed by atoms with E-state index in [0.717, 1.165) is 16.5 Å². The summed E-state index contributed by atoms with van der Waals surface area (Å²) < 4.78 is 10.8. The number of phenolic OH excluding ortho intramolecular Hbond substituents is 1. The Morgan fingerprint density at radius 2 is 1.93 bits per heavy atom. The highest BCUT2D eigenvalue weighted by molar-refractivity contribution is 5.93. The Labute approximate surface area is 168 Å². The summed E-state index contributed by atoms with van der Waals surface area (Å²) in [5.74, 6) is 2.04. The quantitative estimate of drug-likeness (QED) is 0.459. The number of rotatable bonds is 7. The second kappa shape index (κ2) is 8.53.